The molecule has 0 spiro atoms. The normalized spacial score (nSPS) is 14.6. The first-order chi connectivity index (χ1) is 11.1. The fourth-order valence-electron chi connectivity index (χ4n) is 2.34. The van der Waals surface area contributed by atoms with Crippen molar-refractivity contribution in [1.82, 2.24) is 10.2 Å². The number of morpholine rings is 1. The van der Waals surface area contributed by atoms with E-state index in [1.807, 2.05) is 0 Å². The number of urea groups is 1. The zero-order valence-electron chi connectivity index (χ0n) is 12.1. The smallest absolute Gasteiger partial charge is 0.324 e. The number of nitrogens with zero attached hydrogens (tertiary/aromatic N) is 2. The van der Waals surface area contributed by atoms with Gasteiger partial charge in [0, 0.05) is 19.2 Å². The van der Waals surface area contributed by atoms with E-state index in [1.54, 1.807) is 17.0 Å². The van der Waals surface area contributed by atoms with Gasteiger partial charge in [-0.05, 0) is 12.1 Å². The largest absolute Gasteiger partial charge is 0.378 e. The number of halogens is 2. The molecule has 1 aromatic carbocycles. The molecule has 2 heterocycles. The number of ether oxygens (including phenoxy) is 1. The molecule has 1 aliphatic rings. The van der Waals surface area contributed by atoms with Crippen LogP contribution in [0.1, 0.15) is 0 Å². The third-order valence-corrected chi connectivity index (χ3v) is 3.69. The van der Waals surface area contributed by atoms with Crippen LogP contribution < -0.4 is 15.5 Å². The van der Waals surface area contributed by atoms with E-state index >= 15 is 0 Å². The Morgan fingerprint density at radius 1 is 1.30 bits per heavy atom. The Labute approximate surface area is 136 Å². The molecular formula is C14H15ClFN5O2. The van der Waals surface area contributed by atoms with Gasteiger partial charge < -0.3 is 15.0 Å². The first-order valence-electron chi connectivity index (χ1n) is 7.03. The van der Waals surface area contributed by atoms with E-state index in [-0.39, 0.29) is 10.7 Å². The van der Waals surface area contributed by atoms with E-state index in [4.69, 9.17) is 16.3 Å². The van der Waals surface area contributed by atoms with Crippen molar-refractivity contribution in [2.45, 2.75) is 0 Å². The van der Waals surface area contributed by atoms with Crippen LogP contribution in [0, 0.1) is 5.82 Å². The van der Waals surface area contributed by atoms with E-state index < -0.39 is 11.8 Å². The summed E-state index contributed by atoms with van der Waals surface area (Å²) in [6.07, 6.45) is 1.51. The van der Waals surface area contributed by atoms with Crippen LogP contribution in [0.4, 0.5) is 26.4 Å². The number of H-pyrrole nitrogens is 1. The highest BCUT2D eigenvalue weighted by Gasteiger charge is 2.22. The predicted octanol–water partition coefficient (Wildman–Crippen LogP) is 2.68. The molecule has 0 aliphatic carbocycles. The second-order valence-electron chi connectivity index (χ2n) is 4.91. The summed E-state index contributed by atoms with van der Waals surface area (Å²) in [6, 6.07) is 4.07. The summed E-state index contributed by atoms with van der Waals surface area (Å²) >= 11 is 5.88. The number of carbonyl (C=O) groups excluding carboxylic acids is 1. The van der Waals surface area contributed by atoms with Gasteiger partial charge in [0.15, 0.2) is 5.82 Å². The number of aromatic amines is 1. The lowest BCUT2D eigenvalue weighted by atomic mass is 10.2. The second kappa shape index (κ2) is 6.84. The fraction of sp³-hybridized carbons (Fsp3) is 0.286. The van der Waals surface area contributed by atoms with Gasteiger partial charge in [-0.25, -0.2) is 9.18 Å². The average Bonchev–Trinajstić information content (AvgIpc) is 3.05. The molecule has 3 rings (SSSR count). The number of anilines is 3. The number of amides is 2. The summed E-state index contributed by atoms with van der Waals surface area (Å²) in [5.41, 5.74) is 0.603. The number of nitrogens with one attached hydrogen (secondary N) is 3. The molecule has 3 N–H and O–H groups in total. The van der Waals surface area contributed by atoms with Crippen molar-refractivity contribution in [3.05, 3.63) is 35.2 Å². The minimum Gasteiger partial charge on any atom is -0.378 e. The van der Waals surface area contributed by atoms with Crippen LogP contribution in [-0.4, -0.2) is 42.5 Å². The van der Waals surface area contributed by atoms with Crippen molar-refractivity contribution in [2.75, 3.05) is 41.8 Å². The molecule has 7 nitrogen and oxygen atoms in total. The average molecular weight is 340 g/mol. The highest BCUT2D eigenvalue weighted by molar-refractivity contribution is 6.31. The summed E-state index contributed by atoms with van der Waals surface area (Å²) in [7, 11) is 0. The summed E-state index contributed by atoms with van der Waals surface area (Å²) < 4.78 is 19.7. The van der Waals surface area contributed by atoms with E-state index in [0.717, 1.165) is 0 Å². The lowest BCUT2D eigenvalue weighted by Crippen LogP contribution is -2.37. The topological polar surface area (TPSA) is 82.3 Å². The molecule has 0 atom stereocenters. The Hall–Kier alpha value is -2.32. The zero-order chi connectivity index (χ0) is 16.2. The Kier molecular flexibility index (Phi) is 4.63. The van der Waals surface area contributed by atoms with E-state index in [1.165, 1.54) is 12.3 Å². The highest BCUT2D eigenvalue weighted by Crippen LogP contribution is 2.34. The summed E-state index contributed by atoms with van der Waals surface area (Å²) in [6.45, 7) is 2.03. The summed E-state index contributed by atoms with van der Waals surface area (Å²) in [5.74, 6) is -0.127. The van der Waals surface area contributed by atoms with Gasteiger partial charge in [0.2, 0.25) is 0 Å². The molecule has 0 unspecified atom stereocenters. The fourth-order valence-corrected chi connectivity index (χ4v) is 2.49. The number of carbonyl (C=O) groups is 1. The monoisotopic (exact) mass is 339 g/mol. The van der Waals surface area contributed by atoms with Crippen LogP contribution in [0.25, 0.3) is 0 Å². The van der Waals surface area contributed by atoms with Crippen LogP contribution in [-0.2, 0) is 4.74 Å². The minimum atomic E-state index is -0.562. The lowest BCUT2D eigenvalue weighted by molar-refractivity contribution is 0.122. The van der Waals surface area contributed by atoms with Crippen molar-refractivity contribution < 1.29 is 13.9 Å². The summed E-state index contributed by atoms with van der Waals surface area (Å²) in [4.78, 5) is 13.8. The van der Waals surface area contributed by atoms with Crippen molar-refractivity contribution >= 4 is 34.8 Å². The van der Waals surface area contributed by atoms with Gasteiger partial charge in [-0.2, -0.15) is 5.10 Å². The first kappa shape index (κ1) is 15.6. The van der Waals surface area contributed by atoms with Crippen molar-refractivity contribution in [3.63, 3.8) is 0 Å². The molecule has 1 aliphatic heterocycles. The number of hydrogen-bond acceptors (Lipinski definition) is 4. The minimum absolute atomic E-state index is 0.00557. The standard InChI is InChI=1S/C14H15ClFN5O2/c15-9-1-2-10(18-14(22)19-11-3-4-17-20-11)13(12(9)16)21-5-7-23-8-6-21/h1-4H,5-8H2,(H3,17,18,19,20,22). The zero-order valence-corrected chi connectivity index (χ0v) is 12.9. The van der Waals surface area contributed by atoms with Gasteiger partial charge in [0.1, 0.15) is 5.82 Å². The lowest BCUT2D eigenvalue weighted by Gasteiger charge is -2.31. The van der Waals surface area contributed by atoms with Gasteiger partial charge >= 0.3 is 6.03 Å². The van der Waals surface area contributed by atoms with Crippen LogP contribution in [0.3, 0.4) is 0 Å². The maximum atomic E-state index is 14.5. The Morgan fingerprint density at radius 2 is 2.09 bits per heavy atom. The molecular weight excluding hydrogens is 325 g/mol. The quantitative estimate of drug-likeness (QED) is 0.803. The molecule has 0 radical (unpaired) electrons. The van der Waals surface area contributed by atoms with Crippen LogP contribution in [0.2, 0.25) is 5.02 Å². The molecule has 23 heavy (non-hydrogen) atoms. The van der Waals surface area contributed by atoms with Crippen LogP contribution in [0.5, 0.6) is 0 Å². The molecule has 1 saturated heterocycles. The van der Waals surface area contributed by atoms with Crippen molar-refractivity contribution in [1.29, 1.82) is 0 Å². The molecule has 1 fully saturated rings. The van der Waals surface area contributed by atoms with E-state index in [0.29, 0.717) is 37.8 Å². The molecule has 2 amide bonds. The Bertz CT molecular complexity index is 689. The van der Waals surface area contributed by atoms with Gasteiger partial charge in [-0.1, -0.05) is 11.6 Å². The first-order valence-corrected chi connectivity index (χ1v) is 7.41. The van der Waals surface area contributed by atoms with E-state index in [9.17, 15) is 9.18 Å². The maximum absolute atomic E-state index is 14.5. The third kappa shape index (κ3) is 3.54. The third-order valence-electron chi connectivity index (χ3n) is 3.39. The molecule has 0 bridgehead atoms. The van der Waals surface area contributed by atoms with Gasteiger partial charge in [-0.3, -0.25) is 10.4 Å². The predicted molar refractivity (Wildman–Crippen MR) is 85.7 cm³/mol. The van der Waals surface area contributed by atoms with Crippen LogP contribution >= 0.6 is 11.6 Å². The number of aromatic nitrogens is 2. The van der Waals surface area contributed by atoms with Crippen LogP contribution in [0.15, 0.2) is 24.4 Å². The second-order valence-corrected chi connectivity index (χ2v) is 5.31. The van der Waals surface area contributed by atoms with E-state index in [2.05, 4.69) is 20.8 Å². The SMILES string of the molecule is O=C(Nc1ccn[nH]1)Nc1ccc(Cl)c(F)c1N1CCOCC1. The van der Waals surface area contributed by atoms with Crippen molar-refractivity contribution in [2.24, 2.45) is 0 Å². The van der Waals surface area contributed by atoms with Gasteiger partial charge in [0.25, 0.3) is 0 Å². The van der Waals surface area contributed by atoms with Crippen molar-refractivity contribution in [3.8, 4) is 0 Å². The number of benzene rings is 1. The number of hydrogen-bond donors (Lipinski definition) is 3. The van der Waals surface area contributed by atoms with Gasteiger partial charge in [-0.15, -0.1) is 0 Å². The molecule has 9 heteroatoms. The summed E-state index contributed by atoms with van der Waals surface area (Å²) in [5, 5.41) is 11.5. The number of rotatable bonds is 3. The molecule has 0 saturated carbocycles. The molecule has 122 valence electrons. The maximum Gasteiger partial charge on any atom is 0.324 e. The Morgan fingerprint density at radius 3 is 2.78 bits per heavy atom. The molecule has 1 aromatic heterocycles. The molecule has 2 aromatic rings. The highest BCUT2D eigenvalue weighted by atomic mass is 35.5. The van der Waals surface area contributed by atoms with Gasteiger partial charge in [0.05, 0.1) is 35.8 Å². The Balaban J connectivity index is 1.83.